The Labute approximate surface area is 126 Å². The number of amides is 2. The van der Waals surface area contributed by atoms with Crippen molar-refractivity contribution < 1.29 is 19.1 Å². The first-order chi connectivity index (χ1) is 10.2. The predicted octanol–water partition coefficient (Wildman–Crippen LogP) is -0.209. The minimum absolute atomic E-state index is 0.0101. The van der Waals surface area contributed by atoms with Crippen LogP contribution in [0.2, 0.25) is 0 Å². The van der Waals surface area contributed by atoms with Crippen LogP contribution in [0.1, 0.15) is 32.6 Å². The van der Waals surface area contributed by atoms with Gasteiger partial charge in [0, 0.05) is 19.5 Å². The van der Waals surface area contributed by atoms with Crippen molar-refractivity contribution in [1.29, 1.82) is 0 Å². The number of nitrogens with one attached hydrogen (secondary N) is 2. The molecule has 2 amide bonds. The van der Waals surface area contributed by atoms with E-state index >= 15 is 0 Å². The molecular formula is C14H29N3O4. The van der Waals surface area contributed by atoms with Gasteiger partial charge >= 0.3 is 0 Å². The predicted molar refractivity (Wildman–Crippen MR) is 80.9 cm³/mol. The van der Waals surface area contributed by atoms with Crippen LogP contribution in [-0.4, -0.2) is 57.9 Å². The Kier molecular flexibility index (Phi) is 14.4. The number of rotatable bonds is 14. The monoisotopic (exact) mass is 303 g/mol. The third-order valence-electron chi connectivity index (χ3n) is 2.63. The molecule has 0 heterocycles. The number of hydrogen-bond donors (Lipinski definition) is 3. The van der Waals surface area contributed by atoms with Gasteiger partial charge in [-0.05, 0) is 19.4 Å². The van der Waals surface area contributed by atoms with Crippen LogP contribution < -0.4 is 16.4 Å². The normalized spacial score (nSPS) is 10.4. The smallest absolute Gasteiger partial charge is 0.245 e. The van der Waals surface area contributed by atoms with Crippen LogP contribution in [0.5, 0.6) is 0 Å². The van der Waals surface area contributed by atoms with Crippen LogP contribution in [-0.2, 0) is 19.1 Å². The molecule has 0 fully saturated rings. The molecule has 0 aliphatic carbocycles. The van der Waals surface area contributed by atoms with Gasteiger partial charge in [-0.3, -0.25) is 9.59 Å². The highest BCUT2D eigenvalue weighted by atomic mass is 16.5. The summed E-state index contributed by atoms with van der Waals surface area (Å²) >= 11 is 0. The third-order valence-corrected chi connectivity index (χ3v) is 2.63. The summed E-state index contributed by atoms with van der Waals surface area (Å²) in [6.07, 6.45) is 3.18. The van der Waals surface area contributed by atoms with E-state index in [0.717, 1.165) is 12.8 Å². The molecule has 7 nitrogen and oxygen atoms in total. The van der Waals surface area contributed by atoms with Crippen LogP contribution >= 0.6 is 0 Å². The molecule has 0 unspecified atom stereocenters. The lowest BCUT2D eigenvalue weighted by atomic mass is 10.3. The second kappa shape index (κ2) is 15.2. The fraction of sp³-hybridized carbons (Fsp3) is 0.857. The first-order valence-electron chi connectivity index (χ1n) is 7.59. The molecule has 0 atom stereocenters. The van der Waals surface area contributed by atoms with Gasteiger partial charge in [0.15, 0.2) is 0 Å². The highest BCUT2D eigenvalue weighted by Gasteiger charge is 2.01. The topological polar surface area (TPSA) is 103 Å². The van der Waals surface area contributed by atoms with Gasteiger partial charge in [0.05, 0.1) is 19.8 Å². The van der Waals surface area contributed by atoms with E-state index in [9.17, 15) is 9.59 Å². The van der Waals surface area contributed by atoms with E-state index in [4.69, 9.17) is 15.2 Å². The Morgan fingerprint density at radius 3 is 2.38 bits per heavy atom. The van der Waals surface area contributed by atoms with Gasteiger partial charge in [0.25, 0.3) is 0 Å². The Bertz CT molecular complexity index is 275. The lowest BCUT2D eigenvalue weighted by Crippen LogP contribution is -2.29. The minimum atomic E-state index is -0.101. The molecule has 124 valence electrons. The molecule has 0 aromatic rings. The molecule has 4 N–H and O–H groups in total. The molecule has 7 heteroatoms. The van der Waals surface area contributed by atoms with E-state index in [1.807, 2.05) is 0 Å². The van der Waals surface area contributed by atoms with E-state index < -0.39 is 0 Å². The van der Waals surface area contributed by atoms with Crippen LogP contribution in [0.15, 0.2) is 0 Å². The van der Waals surface area contributed by atoms with Crippen molar-refractivity contribution in [3.63, 3.8) is 0 Å². The average Bonchev–Trinajstić information content (AvgIpc) is 2.48. The number of hydrogen-bond acceptors (Lipinski definition) is 5. The van der Waals surface area contributed by atoms with Gasteiger partial charge < -0.3 is 25.8 Å². The van der Waals surface area contributed by atoms with Crippen molar-refractivity contribution in [2.24, 2.45) is 5.73 Å². The highest BCUT2D eigenvalue weighted by molar-refractivity contribution is 5.77. The first kappa shape index (κ1) is 19.8. The second-order valence-corrected chi connectivity index (χ2v) is 4.61. The van der Waals surface area contributed by atoms with E-state index in [-0.39, 0.29) is 18.4 Å². The Balaban J connectivity index is 3.21. The largest absolute Gasteiger partial charge is 0.377 e. The van der Waals surface area contributed by atoms with Crippen molar-refractivity contribution in [3.05, 3.63) is 0 Å². The van der Waals surface area contributed by atoms with Crippen molar-refractivity contribution in [1.82, 2.24) is 10.6 Å². The molecule has 0 aliphatic rings. The standard InChI is InChI=1S/C14H29N3O4/c1-2-3-7-16-14(19)12-21-11-10-20-9-8-17-13(18)5-4-6-15/h2-12,15H2,1H3,(H,16,19)(H,17,18). The summed E-state index contributed by atoms with van der Waals surface area (Å²) in [5, 5.41) is 5.49. The van der Waals surface area contributed by atoms with Crippen molar-refractivity contribution in [2.75, 3.05) is 46.1 Å². The van der Waals surface area contributed by atoms with E-state index in [2.05, 4.69) is 17.6 Å². The number of nitrogens with two attached hydrogens (primary N) is 1. The zero-order chi connectivity index (χ0) is 15.8. The molecule has 0 aromatic heterocycles. The summed E-state index contributed by atoms with van der Waals surface area (Å²) in [4.78, 5) is 22.5. The molecular weight excluding hydrogens is 274 g/mol. The fourth-order valence-electron chi connectivity index (χ4n) is 1.45. The maximum Gasteiger partial charge on any atom is 0.245 e. The molecule has 0 aliphatic heterocycles. The van der Waals surface area contributed by atoms with Gasteiger partial charge in [-0.2, -0.15) is 0 Å². The van der Waals surface area contributed by atoms with Crippen molar-refractivity contribution in [2.45, 2.75) is 32.6 Å². The second-order valence-electron chi connectivity index (χ2n) is 4.61. The van der Waals surface area contributed by atoms with Crippen LogP contribution in [0.25, 0.3) is 0 Å². The Hall–Kier alpha value is -1.18. The van der Waals surface area contributed by atoms with Gasteiger partial charge in [-0.25, -0.2) is 0 Å². The first-order valence-corrected chi connectivity index (χ1v) is 7.59. The highest BCUT2D eigenvalue weighted by Crippen LogP contribution is 1.86. The lowest BCUT2D eigenvalue weighted by Gasteiger charge is -2.07. The Morgan fingerprint density at radius 2 is 1.67 bits per heavy atom. The quantitative estimate of drug-likeness (QED) is 0.385. The zero-order valence-electron chi connectivity index (χ0n) is 13.0. The zero-order valence-corrected chi connectivity index (χ0v) is 13.0. The Morgan fingerprint density at radius 1 is 0.952 bits per heavy atom. The fourth-order valence-corrected chi connectivity index (χ4v) is 1.45. The number of unbranched alkanes of at least 4 members (excludes halogenated alkanes) is 1. The maximum absolute atomic E-state index is 11.3. The van der Waals surface area contributed by atoms with Gasteiger partial charge in [0.2, 0.25) is 11.8 Å². The van der Waals surface area contributed by atoms with Crippen molar-refractivity contribution >= 4 is 11.8 Å². The van der Waals surface area contributed by atoms with Crippen LogP contribution in [0, 0.1) is 0 Å². The molecule has 0 saturated carbocycles. The number of carbonyl (C=O) groups excluding carboxylic acids is 2. The van der Waals surface area contributed by atoms with E-state index in [0.29, 0.717) is 52.3 Å². The molecule has 0 aromatic carbocycles. The van der Waals surface area contributed by atoms with Gasteiger partial charge in [-0.15, -0.1) is 0 Å². The molecule has 0 rings (SSSR count). The SMILES string of the molecule is CCCCNC(=O)COCCOCCNC(=O)CCCN. The molecule has 0 radical (unpaired) electrons. The van der Waals surface area contributed by atoms with Gasteiger partial charge in [-0.1, -0.05) is 13.3 Å². The van der Waals surface area contributed by atoms with Crippen LogP contribution in [0.4, 0.5) is 0 Å². The third kappa shape index (κ3) is 15.0. The lowest BCUT2D eigenvalue weighted by molar-refractivity contribution is -0.126. The van der Waals surface area contributed by atoms with Gasteiger partial charge in [0.1, 0.15) is 6.61 Å². The van der Waals surface area contributed by atoms with E-state index in [1.54, 1.807) is 0 Å². The summed E-state index contributed by atoms with van der Waals surface area (Å²) in [5.41, 5.74) is 5.31. The van der Waals surface area contributed by atoms with Crippen molar-refractivity contribution in [3.8, 4) is 0 Å². The minimum Gasteiger partial charge on any atom is -0.377 e. The molecule has 0 bridgehead atoms. The molecule has 21 heavy (non-hydrogen) atoms. The van der Waals surface area contributed by atoms with E-state index in [1.165, 1.54) is 0 Å². The van der Waals surface area contributed by atoms with Crippen LogP contribution in [0.3, 0.4) is 0 Å². The maximum atomic E-state index is 11.3. The molecule has 0 spiro atoms. The number of carbonyl (C=O) groups is 2. The summed E-state index contributed by atoms with van der Waals surface area (Å²) < 4.78 is 10.4. The average molecular weight is 303 g/mol. The summed E-state index contributed by atoms with van der Waals surface area (Å²) in [6.45, 7) is 5.01. The number of ether oxygens (including phenoxy) is 2. The molecule has 0 saturated heterocycles. The summed E-state index contributed by atoms with van der Waals surface area (Å²) in [6, 6.07) is 0. The summed E-state index contributed by atoms with van der Waals surface area (Å²) in [5.74, 6) is -0.111. The summed E-state index contributed by atoms with van der Waals surface area (Å²) in [7, 11) is 0.